The maximum atomic E-state index is 13.4. The Morgan fingerprint density at radius 3 is 2.50 bits per heavy atom. The normalized spacial score (nSPS) is 10.6. The van der Waals surface area contributed by atoms with Crippen LogP contribution in [0.25, 0.3) is 0 Å². The number of nitrogens with zero attached hydrogens (tertiary/aromatic N) is 1. The van der Waals surface area contributed by atoms with Crippen LogP contribution in [-0.2, 0) is 13.2 Å². The highest BCUT2D eigenvalue weighted by atomic mass is 35.5. The molecule has 0 heterocycles. The van der Waals surface area contributed by atoms with Crippen LogP contribution in [0, 0.1) is 11.2 Å². The van der Waals surface area contributed by atoms with Crippen LogP contribution in [-0.4, -0.2) is 30.9 Å². The van der Waals surface area contributed by atoms with Gasteiger partial charge in [-0.2, -0.15) is 0 Å². The minimum atomic E-state index is -0.305. The van der Waals surface area contributed by atoms with Crippen LogP contribution in [0.15, 0.2) is 66.7 Å². The molecule has 32 heavy (non-hydrogen) atoms. The molecule has 0 bridgehead atoms. The summed E-state index contributed by atoms with van der Waals surface area (Å²) in [5, 5.41) is 9.46. The van der Waals surface area contributed by atoms with Crippen molar-refractivity contribution >= 4 is 17.4 Å². The molecule has 7 heteroatoms. The lowest BCUT2D eigenvalue weighted by Gasteiger charge is -2.26. The number of hydrogen-bond donors (Lipinski definition) is 2. The fourth-order valence-corrected chi connectivity index (χ4v) is 3.39. The van der Waals surface area contributed by atoms with E-state index in [2.05, 4.69) is 0 Å². The topological polar surface area (TPSA) is 71.6 Å². The van der Waals surface area contributed by atoms with Crippen molar-refractivity contribution in [1.29, 1.82) is 5.41 Å². The van der Waals surface area contributed by atoms with Crippen LogP contribution in [0.2, 0.25) is 5.02 Å². The summed E-state index contributed by atoms with van der Waals surface area (Å²) in [5.74, 6) is 1.09. The van der Waals surface area contributed by atoms with Gasteiger partial charge in [-0.15, -0.1) is 0 Å². The molecule has 3 aromatic rings. The van der Waals surface area contributed by atoms with Gasteiger partial charge < -0.3 is 20.1 Å². The van der Waals surface area contributed by atoms with Crippen molar-refractivity contribution in [3.05, 3.63) is 94.3 Å². The molecule has 3 N–H and O–H groups in total. The van der Waals surface area contributed by atoms with E-state index in [1.165, 1.54) is 12.1 Å². The molecule has 0 amide bonds. The molecule has 0 fully saturated rings. The lowest BCUT2D eigenvalue weighted by atomic mass is 10.1. The summed E-state index contributed by atoms with van der Waals surface area (Å²) in [4.78, 5) is 1.97. The molecule has 0 aliphatic rings. The molecule has 0 saturated carbocycles. The van der Waals surface area contributed by atoms with Crippen LogP contribution in [0.4, 0.5) is 4.39 Å². The maximum Gasteiger partial charge on any atom is 0.161 e. The first-order valence-electron chi connectivity index (χ1n) is 10.3. The fourth-order valence-electron chi connectivity index (χ4n) is 3.27. The van der Waals surface area contributed by atoms with Gasteiger partial charge in [0.15, 0.2) is 11.5 Å². The highest BCUT2D eigenvalue weighted by Gasteiger charge is 2.15. The first kappa shape index (κ1) is 23.6. The molecule has 0 saturated heterocycles. The average Bonchev–Trinajstić information content (AvgIpc) is 2.81. The summed E-state index contributed by atoms with van der Waals surface area (Å²) in [6.45, 7) is 1.97. The third kappa shape index (κ3) is 6.45. The van der Waals surface area contributed by atoms with Gasteiger partial charge in [0.1, 0.15) is 18.3 Å². The summed E-state index contributed by atoms with van der Waals surface area (Å²) in [6, 6.07) is 19.2. The van der Waals surface area contributed by atoms with E-state index >= 15 is 0 Å². The standard InChI is InChI=1S/C25H27ClFN3O2/c1-31-24-15-20(8-11-23(24)32-17-19-4-2-5-22(27)14-19)25(29)30(13-3-12-28)16-18-6-9-21(26)10-7-18/h2,4-11,14-15,29H,3,12-13,16-17,28H2,1H3. The van der Waals surface area contributed by atoms with Crippen LogP contribution >= 0.6 is 11.6 Å². The van der Waals surface area contributed by atoms with Crippen molar-refractivity contribution in [3.8, 4) is 11.5 Å². The van der Waals surface area contributed by atoms with E-state index in [9.17, 15) is 4.39 Å². The summed E-state index contributed by atoms with van der Waals surface area (Å²) in [7, 11) is 1.55. The first-order valence-corrected chi connectivity index (χ1v) is 10.7. The number of halogens is 2. The highest BCUT2D eigenvalue weighted by Crippen LogP contribution is 2.29. The minimum Gasteiger partial charge on any atom is -0.493 e. The van der Waals surface area contributed by atoms with Crippen LogP contribution < -0.4 is 15.2 Å². The Morgan fingerprint density at radius 2 is 1.81 bits per heavy atom. The average molecular weight is 456 g/mol. The molecule has 5 nitrogen and oxygen atoms in total. The molecule has 0 spiro atoms. The van der Waals surface area contributed by atoms with Gasteiger partial charge in [0.2, 0.25) is 0 Å². The third-order valence-corrected chi connectivity index (χ3v) is 5.21. The monoisotopic (exact) mass is 455 g/mol. The SMILES string of the molecule is COc1cc(C(=N)N(CCCN)Cc2ccc(Cl)cc2)ccc1OCc1cccc(F)c1. The number of methoxy groups -OCH3 is 1. The number of rotatable bonds is 10. The van der Waals surface area contributed by atoms with Gasteiger partial charge >= 0.3 is 0 Å². The predicted molar refractivity (Wildman–Crippen MR) is 126 cm³/mol. The van der Waals surface area contributed by atoms with Crippen LogP contribution in [0.3, 0.4) is 0 Å². The number of hydrogen-bond acceptors (Lipinski definition) is 4. The molecule has 0 radical (unpaired) electrons. The fraction of sp³-hybridized carbons (Fsp3) is 0.240. The molecule has 3 aromatic carbocycles. The first-order chi connectivity index (χ1) is 15.5. The maximum absolute atomic E-state index is 13.4. The Bertz CT molecular complexity index is 1040. The van der Waals surface area contributed by atoms with Crippen molar-refractivity contribution in [2.45, 2.75) is 19.6 Å². The molecule has 168 valence electrons. The second-order valence-electron chi connectivity index (χ2n) is 7.32. The van der Waals surface area contributed by atoms with Crippen LogP contribution in [0.5, 0.6) is 11.5 Å². The van der Waals surface area contributed by atoms with E-state index in [1.807, 2.05) is 35.2 Å². The highest BCUT2D eigenvalue weighted by molar-refractivity contribution is 6.30. The Balaban J connectivity index is 1.76. The Morgan fingerprint density at radius 1 is 1.03 bits per heavy atom. The second-order valence-corrected chi connectivity index (χ2v) is 7.76. The van der Waals surface area contributed by atoms with Crippen molar-refractivity contribution in [2.75, 3.05) is 20.2 Å². The van der Waals surface area contributed by atoms with Gasteiger partial charge in [0, 0.05) is 23.7 Å². The Kier molecular flexibility index (Phi) is 8.48. The summed E-state index contributed by atoms with van der Waals surface area (Å²) in [5.41, 5.74) is 8.19. The van der Waals surface area contributed by atoms with E-state index < -0.39 is 0 Å². The molecule has 3 rings (SSSR count). The molecule has 0 aliphatic heterocycles. The van der Waals surface area contributed by atoms with Crippen molar-refractivity contribution < 1.29 is 13.9 Å². The molecule has 0 unspecified atom stereocenters. The van der Waals surface area contributed by atoms with Crippen LogP contribution in [0.1, 0.15) is 23.1 Å². The molecular weight excluding hydrogens is 429 g/mol. The third-order valence-electron chi connectivity index (χ3n) is 4.96. The minimum absolute atomic E-state index is 0.212. The number of nitrogens with one attached hydrogen (secondary N) is 1. The molecule has 0 atom stereocenters. The lowest BCUT2D eigenvalue weighted by molar-refractivity contribution is 0.284. The van der Waals surface area contributed by atoms with E-state index in [-0.39, 0.29) is 12.4 Å². The van der Waals surface area contributed by atoms with E-state index in [0.717, 1.165) is 17.5 Å². The van der Waals surface area contributed by atoms with Gasteiger partial charge in [-0.3, -0.25) is 5.41 Å². The number of benzene rings is 3. The van der Waals surface area contributed by atoms with Gasteiger partial charge in [-0.1, -0.05) is 35.9 Å². The van der Waals surface area contributed by atoms with Crippen molar-refractivity contribution in [3.63, 3.8) is 0 Å². The Labute approximate surface area is 193 Å². The Hall–Kier alpha value is -3.09. The quantitative estimate of drug-likeness (QED) is 0.324. The molecular formula is C25H27ClFN3O2. The zero-order valence-corrected chi connectivity index (χ0v) is 18.7. The summed E-state index contributed by atoms with van der Waals surface area (Å²) >= 11 is 5.99. The van der Waals surface area contributed by atoms with Gasteiger partial charge in [-0.25, -0.2) is 4.39 Å². The number of nitrogens with two attached hydrogens (primary N) is 1. The molecule has 0 aromatic heterocycles. The van der Waals surface area contributed by atoms with Gasteiger partial charge in [0.25, 0.3) is 0 Å². The second kappa shape index (κ2) is 11.5. The van der Waals surface area contributed by atoms with E-state index in [0.29, 0.717) is 47.6 Å². The van der Waals surface area contributed by atoms with Crippen molar-refractivity contribution in [1.82, 2.24) is 4.90 Å². The summed E-state index contributed by atoms with van der Waals surface area (Å²) in [6.07, 6.45) is 0.766. The largest absolute Gasteiger partial charge is 0.493 e. The predicted octanol–water partition coefficient (Wildman–Crippen LogP) is 5.24. The van der Waals surface area contributed by atoms with Gasteiger partial charge in [0.05, 0.1) is 7.11 Å². The molecule has 0 aliphatic carbocycles. The number of amidine groups is 1. The zero-order valence-electron chi connectivity index (χ0n) is 18.0. The smallest absolute Gasteiger partial charge is 0.161 e. The van der Waals surface area contributed by atoms with E-state index in [1.54, 1.807) is 31.4 Å². The number of ether oxygens (including phenoxy) is 2. The van der Waals surface area contributed by atoms with E-state index in [4.69, 9.17) is 32.2 Å². The van der Waals surface area contributed by atoms with Crippen molar-refractivity contribution in [2.24, 2.45) is 5.73 Å². The summed E-state index contributed by atoms with van der Waals surface area (Å²) < 4.78 is 24.7. The van der Waals surface area contributed by atoms with Gasteiger partial charge in [-0.05, 0) is 66.6 Å². The zero-order chi connectivity index (χ0) is 22.9. The lowest BCUT2D eigenvalue weighted by Crippen LogP contribution is -2.32.